The van der Waals surface area contributed by atoms with Gasteiger partial charge in [-0.1, -0.05) is 274 Å². The number of morpholine rings is 2. The molecule has 3 aliphatic heterocycles. The minimum atomic E-state index is -4.33. The molecule has 24 heteroatoms. The average molecular weight is 1940 g/mol. The van der Waals surface area contributed by atoms with Gasteiger partial charge in [-0.2, -0.15) is 0 Å². The van der Waals surface area contributed by atoms with Crippen LogP contribution in [0.2, 0.25) is 0 Å². The van der Waals surface area contributed by atoms with E-state index in [-0.39, 0.29) is 51.0 Å². The Hall–Kier alpha value is -9.38. The Kier molecular flexibility index (Phi) is 51.6. The average Bonchev–Trinajstić information content (AvgIpc) is 1.55. The maximum absolute atomic E-state index is 11.8. The molecule has 748 valence electrons. The van der Waals surface area contributed by atoms with E-state index in [1.54, 1.807) is 7.11 Å². The van der Waals surface area contributed by atoms with E-state index >= 15 is 0 Å². The molecular weight excluding hydrogens is 1790 g/mol. The fourth-order valence-electron chi connectivity index (χ4n) is 18.6. The van der Waals surface area contributed by atoms with Crippen molar-refractivity contribution >= 4 is 67.0 Å². The van der Waals surface area contributed by atoms with Crippen molar-refractivity contribution in [3.63, 3.8) is 0 Å². The van der Waals surface area contributed by atoms with Crippen LogP contribution >= 0.6 is 0 Å². The highest BCUT2D eigenvalue weighted by Gasteiger charge is 2.64. The Morgan fingerprint density at radius 3 is 1.33 bits per heavy atom. The summed E-state index contributed by atoms with van der Waals surface area (Å²) in [6.07, 6.45) is 26.9. The number of carboxylic acids is 2. The topological polar surface area (TPSA) is 273 Å². The van der Waals surface area contributed by atoms with E-state index in [9.17, 15) is 37.6 Å². The van der Waals surface area contributed by atoms with Crippen molar-refractivity contribution in [3.05, 3.63) is 278 Å². The molecule has 2 bridgehead atoms. The first-order valence-electron chi connectivity index (χ1n) is 50.4. The number of aromatic carboxylic acids is 1. The molecule has 7 aliphatic rings. The van der Waals surface area contributed by atoms with Gasteiger partial charge in [0, 0.05) is 64.1 Å². The molecule has 0 radical (unpaired) electrons. The zero-order valence-corrected chi connectivity index (χ0v) is 85.2. The molecule has 2 saturated heterocycles. The number of hydrogen-bond acceptors (Lipinski definition) is 17. The summed E-state index contributed by atoms with van der Waals surface area (Å²) in [7, 11) is -2.69. The molecule has 9 aromatic carbocycles. The minimum Gasteiger partial charge on any atom is -0.872 e. The van der Waals surface area contributed by atoms with Crippen LogP contribution in [0.15, 0.2) is 300 Å². The van der Waals surface area contributed by atoms with Gasteiger partial charge in [-0.25, -0.2) is 18.2 Å². The summed E-state index contributed by atoms with van der Waals surface area (Å²) < 4.78 is 65.3. The SMILES string of the molecule is C1CCC(N=C(NC2CCCCC2)N2CCOCC2)CC1.CC1(C)C2CCC1(CS(=O)(=O)[O-])C(=O)C2.CCCCC[N+](CCCCC)(CCCCC)CC(=O)[O-].COCCOCCOCCOCCN1CCOCC1.O=C(O)c1ccccc1[O-].c1ccc(C2=Nc3ccccc3C2)cc1.c1ccc([S+](c2ccccc2)c2ccccc2)cc1.c1ccc([S+](c2ccccc2)c2ccccc2)cc1. The highest BCUT2D eigenvalue weighted by molar-refractivity contribution is 7.97. The van der Waals surface area contributed by atoms with Gasteiger partial charge in [-0.3, -0.25) is 14.7 Å². The maximum Gasteiger partial charge on any atom is 0.335 e. The molecule has 4 aliphatic carbocycles. The third-order valence-electron chi connectivity index (χ3n) is 26.4. The molecular formula is C114H154N6O15S3. The molecule has 2 unspecified atom stereocenters. The predicted molar refractivity (Wildman–Crippen MR) is 553 cm³/mol. The standard InChI is InChI=1S/2C18H15S.C17H31N3O.C17H35NO2.C14H11N.C13H27NO5.C10H16O4S.C7H6O3/c2*1-4-10-16(11-5-1)19(17-12-6-2-7-13-17)18-14-8-3-9-15-18;1-3-7-15(8-4-1)18-17(20-11-13-21-14-12-20)19-16-9-5-2-6-10-16;1-4-7-10-13-18(16-17(19)20,14-11-8-5-2)15-12-9-6-3;1-2-6-11(7-3-1)14-10-12-8-4-5-9-13(12)15-14;1-15-8-9-18-12-13-19-11-10-17-7-4-14-2-5-16-6-3-14;1-9(2)7-3-4-10(9,8(11)5-7)6-15(12,13)14;8-6-4-2-1-3-5(6)7(9)10/h2*1-15H;15-16H,1-14H2,(H,18,19);4-16H2,1-3H3;1-9H,10H2;2-13H2,1H3;7H,3-6H2,1-2H3,(H,12,13,14);1-4,8H,(H,9,10)/q2*+1;;;;;;/p-2. The Morgan fingerprint density at radius 2 is 0.935 bits per heavy atom. The van der Waals surface area contributed by atoms with Crippen LogP contribution in [0.25, 0.3) is 0 Å². The molecule has 21 nitrogen and oxygen atoms in total. The largest absolute Gasteiger partial charge is 0.872 e. The van der Waals surface area contributed by atoms with E-state index in [1.165, 1.54) is 179 Å². The number of unbranched alkanes of at least 4 members (excludes halogenated alkanes) is 6. The van der Waals surface area contributed by atoms with Crippen LogP contribution in [0.3, 0.4) is 0 Å². The molecule has 138 heavy (non-hydrogen) atoms. The number of aliphatic imine (C=N–C) groups is 2. The zero-order valence-electron chi connectivity index (χ0n) is 82.8. The van der Waals surface area contributed by atoms with Crippen molar-refractivity contribution in [2.45, 2.75) is 224 Å². The van der Waals surface area contributed by atoms with Gasteiger partial charge < -0.3 is 67.8 Å². The van der Waals surface area contributed by atoms with Gasteiger partial charge >= 0.3 is 5.97 Å². The smallest absolute Gasteiger partial charge is 0.335 e. The monoisotopic (exact) mass is 1940 g/mol. The van der Waals surface area contributed by atoms with E-state index in [0.717, 1.165) is 128 Å². The van der Waals surface area contributed by atoms with Crippen LogP contribution in [0.4, 0.5) is 5.69 Å². The number of para-hydroxylation sites is 2. The van der Waals surface area contributed by atoms with Crippen LogP contribution in [-0.4, -0.2) is 218 Å². The van der Waals surface area contributed by atoms with E-state index in [2.05, 4.69) is 265 Å². The van der Waals surface area contributed by atoms with Gasteiger partial charge in [0.2, 0.25) is 0 Å². The number of ether oxygens (including phenoxy) is 6. The van der Waals surface area contributed by atoms with Gasteiger partial charge in [0.1, 0.15) is 12.3 Å². The second kappa shape index (κ2) is 63.4. The minimum absolute atomic E-state index is 0.0146. The Bertz CT molecular complexity index is 4680. The second-order valence-corrected chi connectivity index (χ2v) is 42.1. The number of aliphatic carboxylic acids is 1. The number of hydrogen-bond donors (Lipinski definition) is 2. The number of benzene rings is 9. The molecule has 0 aromatic heterocycles. The summed E-state index contributed by atoms with van der Waals surface area (Å²) in [5, 5.41) is 34.0. The normalized spacial score (nSPS) is 17.4. The summed E-state index contributed by atoms with van der Waals surface area (Å²) in [6, 6.07) is 89.7. The van der Waals surface area contributed by atoms with E-state index in [0.29, 0.717) is 64.6 Å². The predicted octanol–water partition coefficient (Wildman–Crippen LogP) is 20.4. The molecule has 3 heterocycles. The van der Waals surface area contributed by atoms with Crippen LogP contribution in [-0.2, 0) is 76.3 Å². The van der Waals surface area contributed by atoms with E-state index < -0.39 is 39.0 Å². The summed E-state index contributed by atoms with van der Waals surface area (Å²) in [5.74, 6) is -1.61. The van der Waals surface area contributed by atoms with Crippen LogP contribution in [0.1, 0.15) is 197 Å². The third-order valence-corrected chi connectivity index (χ3v) is 31.7. The molecule has 2 atom stereocenters. The number of fused-ring (bicyclic) bond motifs is 3. The summed E-state index contributed by atoms with van der Waals surface area (Å²) in [6.45, 7) is 26.5. The first-order chi connectivity index (χ1) is 67.2. The number of methoxy groups -OCH3 is 1. The fraction of sp³-hybridized carbons (Fsp3) is 0.482. The van der Waals surface area contributed by atoms with Crippen molar-refractivity contribution in [2.75, 3.05) is 144 Å². The Morgan fingerprint density at radius 1 is 0.529 bits per heavy atom. The number of nitrogens with one attached hydrogen (secondary N) is 1. The lowest BCUT2D eigenvalue weighted by atomic mass is 9.70. The number of carbonyl (C=O) groups is 3. The van der Waals surface area contributed by atoms with Gasteiger partial charge in [-0.05, 0) is 184 Å². The molecule has 0 spiro atoms. The number of carboxylic acid groups (broad SMARTS) is 2. The number of carbonyl (C=O) groups excluding carboxylic acids is 2. The van der Waals surface area contributed by atoms with E-state index in [1.807, 2.05) is 26.0 Å². The molecule has 2 N–H and O–H groups in total. The van der Waals surface area contributed by atoms with Crippen molar-refractivity contribution in [1.29, 1.82) is 0 Å². The summed E-state index contributed by atoms with van der Waals surface area (Å²) in [4.78, 5) is 56.0. The number of nitrogens with zero attached hydrogens (tertiary/aromatic N) is 5. The highest BCUT2D eigenvalue weighted by Crippen LogP contribution is 2.64. The van der Waals surface area contributed by atoms with Gasteiger partial charge in [-0.15, -0.1) is 0 Å². The first-order valence-corrected chi connectivity index (χ1v) is 54.4. The molecule has 4 saturated carbocycles. The van der Waals surface area contributed by atoms with Crippen molar-refractivity contribution < 1.29 is 75.6 Å². The van der Waals surface area contributed by atoms with E-state index in [4.69, 9.17) is 38.5 Å². The highest BCUT2D eigenvalue weighted by atomic mass is 32.2. The fourth-order valence-corrected chi connectivity index (χ4v) is 24.1. The van der Waals surface area contributed by atoms with Crippen LogP contribution < -0.4 is 15.5 Å². The number of guanidine groups is 1. The first kappa shape index (κ1) is 112. The van der Waals surface area contributed by atoms with Gasteiger partial charge in [0.25, 0.3) is 0 Å². The van der Waals surface area contributed by atoms with Crippen molar-refractivity contribution in [3.8, 4) is 5.75 Å². The molecule has 16 rings (SSSR count). The van der Waals surface area contributed by atoms with Crippen molar-refractivity contribution in [2.24, 2.45) is 26.7 Å². The van der Waals surface area contributed by atoms with Gasteiger partial charge in [0.15, 0.2) is 35.3 Å². The van der Waals surface area contributed by atoms with Crippen LogP contribution in [0, 0.1) is 16.7 Å². The maximum atomic E-state index is 11.8. The van der Waals surface area contributed by atoms with Crippen molar-refractivity contribution in [1.82, 2.24) is 15.1 Å². The summed E-state index contributed by atoms with van der Waals surface area (Å²) >= 11 is 0. The quantitative estimate of drug-likeness (QED) is 0.00908. The lowest BCUT2D eigenvalue weighted by Crippen LogP contribution is -2.55. The number of rotatable bonds is 38. The lowest BCUT2D eigenvalue weighted by Gasteiger charge is -2.39. The molecule has 9 aromatic rings. The molecule has 0 amide bonds. The Labute approximate surface area is 830 Å². The van der Waals surface area contributed by atoms with Crippen LogP contribution in [0.5, 0.6) is 5.75 Å². The Balaban J connectivity index is 0.000000178. The lowest BCUT2D eigenvalue weighted by molar-refractivity contribution is -0.923. The zero-order chi connectivity index (χ0) is 98.2. The second-order valence-electron chi connectivity index (χ2n) is 36.7. The summed E-state index contributed by atoms with van der Waals surface area (Å²) in [5.41, 5.74) is 3.46. The number of Topliss-reactive ketones (excluding diaryl/α,β-unsaturated/α-hetero) is 1. The third kappa shape index (κ3) is 39.3. The number of ketones is 1. The number of quaternary nitrogens is 1. The van der Waals surface area contributed by atoms with Gasteiger partial charge in [0.05, 0.1) is 159 Å². The molecule has 6 fully saturated rings.